The van der Waals surface area contributed by atoms with Crippen LogP contribution in [0.25, 0.3) is 11.1 Å². The molecule has 19 heavy (non-hydrogen) atoms. The molecule has 1 aromatic carbocycles. The molecule has 0 saturated heterocycles. The molecule has 1 aliphatic rings. The Labute approximate surface area is 109 Å². The van der Waals surface area contributed by atoms with Crippen LogP contribution in [0.3, 0.4) is 0 Å². The van der Waals surface area contributed by atoms with E-state index in [0.717, 1.165) is 25.3 Å². The monoisotopic (exact) mass is 264 g/mol. The van der Waals surface area contributed by atoms with Crippen LogP contribution in [0, 0.1) is 17.6 Å². The summed E-state index contributed by atoms with van der Waals surface area (Å²) in [6.07, 6.45) is 4.25. The third-order valence-corrected chi connectivity index (χ3v) is 3.70. The Morgan fingerprint density at radius 1 is 1.32 bits per heavy atom. The summed E-state index contributed by atoms with van der Waals surface area (Å²) >= 11 is 0. The molecule has 3 rings (SSSR count). The third-order valence-electron chi connectivity index (χ3n) is 3.70. The van der Waals surface area contributed by atoms with Gasteiger partial charge in [0.2, 0.25) is 5.88 Å². The fourth-order valence-corrected chi connectivity index (χ4v) is 2.43. The van der Waals surface area contributed by atoms with Crippen LogP contribution in [-0.2, 0) is 6.42 Å². The molecule has 0 unspecified atom stereocenters. The molecule has 0 amide bonds. The summed E-state index contributed by atoms with van der Waals surface area (Å²) in [5.41, 5.74) is 7.09. The van der Waals surface area contributed by atoms with E-state index >= 15 is 0 Å². The normalized spacial score (nSPS) is 15.5. The molecule has 1 fully saturated rings. The predicted molar refractivity (Wildman–Crippen MR) is 67.3 cm³/mol. The predicted octanol–water partition coefficient (Wildman–Crippen LogP) is 3.54. The topological polar surface area (TPSA) is 52.0 Å². The zero-order valence-corrected chi connectivity index (χ0v) is 10.3. The lowest BCUT2D eigenvalue weighted by Crippen LogP contribution is -2.14. The highest BCUT2D eigenvalue weighted by atomic mass is 19.1. The molecule has 2 N–H and O–H groups in total. The highest BCUT2D eigenvalue weighted by Crippen LogP contribution is 2.36. The van der Waals surface area contributed by atoms with Crippen LogP contribution >= 0.6 is 0 Å². The van der Waals surface area contributed by atoms with E-state index in [0.29, 0.717) is 17.2 Å². The van der Waals surface area contributed by atoms with Crippen molar-refractivity contribution in [3.63, 3.8) is 0 Å². The average molecular weight is 264 g/mol. The second-order valence-electron chi connectivity index (χ2n) is 4.99. The van der Waals surface area contributed by atoms with Crippen molar-refractivity contribution in [2.45, 2.75) is 25.7 Å². The first-order valence-electron chi connectivity index (χ1n) is 6.34. The number of nitrogens with zero attached hydrogens (tertiary/aromatic N) is 1. The summed E-state index contributed by atoms with van der Waals surface area (Å²) in [6.45, 7) is 0. The van der Waals surface area contributed by atoms with Crippen LogP contribution in [-0.4, -0.2) is 5.16 Å². The minimum Gasteiger partial charge on any atom is -0.367 e. The summed E-state index contributed by atoms with van der Waals surface area (Å²) in [6, 6.07) is 3.42. The Morgan fingerprint density at radius 2 is 2.11 bits per heavy atom. The zero-order chi connectivity index (χ0) is 13.4. The van der Waals surface area contributed by atoms with Gasteiger partial charge in [0.15, 0.2) is 0 Å². The van der Waals surface area contributed by atoms with E-state index in [4.69, 9.17) is 10.3 Å². The molecule has 3 nitrogen and oxygen atoms in total. The number of anilines is 1. The van der Waals surface area contributed by atoms with Gasteiger partial charge in [0, 0.05) is 11.6 Å². The number of hydrogen-bond donors (Lipinski definition) is 1. The molecule has 2 aromatic rings. The number of hydrogen-bond acceptors (Lipinski definition) is 3. The molecule has 100 valence electrons. The molecule has 1 aromatic heterocycles. The number of rotatable bonds is 3. The van der Waals surface area contributed by atoms with Gasteiger partial charge in [-0.3, -0.25) is 0 Å². The summed E-state index contributed by atoms with van der Waals surface area (Å²) < 4.78 is 31.8. The highest BCUT2D eigenvalue weighted by Gasteiger charge is 2.25. The Hall–Kier alpha value is -1.91. The summed E-state index contributed by atoms with van der Waals surface area (Å²) in [5, 5.41) is 3.92. The van der Waals surface area contributed by atoms with Gasteiger partial charge in [-0.2, -0.15) is 0 Å². The first-order valence-corrected chi connectivity index (χ1v) is 6.34. The molecular formula is C14H14F2N2O. The molecule has 5 heteroatoms. The van der Waals surface area contributed by atoms with Crippen LogP contribution in [0.5, 0.6) is 0 Å². The fraction of sp³-hybridized carbons (Fsp3) is 0.357. The Bertz CT molecular complexity index is 605. The van der Waals surface area contributed by atoms with Crippen molar-refractivity contribution in [3.05, 3.63) is 35.5 Å². The SMILES string of the molecule is Nc1onc(CC2CCC2)c1-c1ccc(F)cc1F. The Morgan fingerprint density at radius 3 is 2.74 bits per heavy atom. The van der Waals surface area contributed by atoms with E-state index in [1.54, 1.807) is 0 Å². The van der Waals surface area contributed by atoms with Gasteiger partial charge in [0.05, 0.1) is 11.3 Å². The summed E-state index contributed by atoms with van der Waals surface area (Å²) in [7, 11) is 0. The van der Waals surface area contributed by atoms with Crippen LogP contribution in [0.2, 0.25) is 0 Å². The number of halogens is 2. The van der Waals surface area contributed by atoms with E-state index < -0.39 is 11.6 Å². The van der Waals surface area contributed by atoms with Crippen molar-refractivity contribution >= 4 is 5.88 Å². The Balaban J connectivity index is 2.00. The van der Waals surface area contributed by atoms with Gasteiger partial charge in [0.25, 0.3) is 0 Å². The molecule has 0 aliphatic heterocycles. The molecule has 0 bridgehead atoms. The molecular weight excluding hydrogens is 250 g/mol. The smallest absolute Gasteiger partial charge is 0.230 e. The van der Waals surface area contributed by atoms with Crippen molar-refractivity contribution in [2.75, 3.05) is 5.73 Å². The van der Waals surface area contributed by atoms with Crippen molar-refractivity contribution in [1.29, 1.82) is 0 Å². The second-order valence-corrected chi connectivity index (χ2v) is 4.99. The Kier molecular flexibility index (Phi) is 2.97. The maximum Gasteiger partial charge on any atom is 0.230 e. The minimum atomic E-state index is -0.648. The van der Waals surface area contributed by atoms with E-state index in [-0.39, 0.29) is 11.4 Å². The van der Waals surface area contributed by atoms with E-state index in [2.05, 4.69) is 5.16 Å². The average Bonchev–Trinajstić information content (AvgIpc) is 2.66. The van der Waals surface area contributed by atoms with Crippen LogP contribution < -0.4 is 5.73 Å². The summed E-state index contributed by atoms with van der Waals surface area (Å²) in [4.78, 5) is 0. The first kappa shape index (κ1) is 12.1. The number of nitrogens with two attached hydrogens (primary N) is 1. The first-order chi connectivity index (χ1) is 9.15. The van der Waals surface area contributed by atoms with Gasteiger partial charge >= 0.3 is 0 Å². The maximum absolute atomic E-state index is 13.8. The van der Waals surface area contributed by atoms with Crippen LogP contribution in [0.4, 0.5) is 14.7 Å². The molecule has 1 heterocycles. The molecule has 0 radical (unpaired) electrons. The number of nitrogen functional groups attached to an aromatic ring is 1. The highest BCUT2D eigenvalue weighted by molar-refractivity contribution is 5.75. The fourth-order valence-electron chi connectivity index (χ4n) is 2.43. The van der Waals surface area contributed by atoms with Crippen LogP contribution in [0.15, 0.2) is 22.7 Å². The number of aromatic nitrogens is 1. The molecule has 0 spiro atoms. The van der Waals surface area contributed by atoms with Gasteiger partial charge in [-0.15, -0.1) is 0 Å². The quantitative estimate of drug-likeness (QED) is 0.922. The van der Waals surface area contributed by atoms with Gasteiger partial charge in [-0.25, -0.2) is 8.78 Å². The molecule has 0 atom stereocenters. The lowest BCUT2D eigenvalue weighted by molar-refractivity contribution is 0.306. The van der Waals surface area contributed by atoms with Crippen LogP contribution in [0.1, 0.15) is 25.0 Å². The van der Waals surface area contributed by atoms with Crippen molar-refractivity contribution < 1.29 is 13.3 Å². The lowest BCUT2D eigenvalue weighted by Gasteiger charge is -2.24. The summed E-state index contributed by atoms with van der Waals surface area (Å²) in [5.74, 6) is -0.617. The largest absolute Gasteiger partial charge is 0.367 e. The van der Waals surface area contributed by atoms with Gasteiger partial charge in [-0.05, 0) is 24.5 Å². The minimum absolute atomic E-state index is 0.0832. The van der Waals surface area contributed by atoms with E-state index in [1.807, 2.05) is 0 Å². The number of benzene rings is 1. The molecule has 1 aliphatic carbocycles. The van der Waals surface area contributed by atoms with E-state index in [9.17, 15) is 8.78 Å². The van der Waals surface area contributed by atoms with Gasteiger partial charge in [0.1, 0.15) is 11.6 Å². The van der Waals surface area contributed by atoms with Crippen molar-refractivity contribution in [3.8, 4) is 11.1 Å². The molecule has 1 saturated carbocycles. The second kappa shape index (κ2) is 4.64. The van der Waals surface area contributed by atoms with Crippen molar-refractivity contribution in [2.24, 2.45) is 5.92 Å². The third kappa shape index (κ3) is 2.20. The zero-order valence-electron chi connectivity index (χ0n) is 10.3. The van der Waals surface area contributed by atoms with Gasteiger partial charge in [-0.1, -0.05) is 24.4 Å². The standard InChI is InChI=1S/C14H14F2N2O/c15-9-4-5-10(11(16)7-9)13-12(18-19-14(13)17)6-8-2-1-3-8/h4-5,7-8H,1-3,6,17H2. The van der Waals surface area contributed by atoms with Crippen molar-refractivity contribution in [1.82, 2.24) is 5.16 Å². The lowest BCUT2D eigenvalue weighted by atomic mass is 9.81. The maximum atomic E-state index is 13.8. The van der Waals surface area contributed by atoms with E-state index in [1.165, 1.54) is 18.6 Å². The van der Waals surface area contributed by atoms with Gasteiger partial charge < -0.3 is 10.3 Å².